The molecule has 88 valence electrons. The molecule has 4 heteroatoms. The van der Waals surface area contributed by atoms with E-state index in [0.29, 0.717) is 18.9 Å². The molecule has 1 fully saturated rings. The summed E-state index contributed by atoms with van der Waals surface area (Å²) in [6.07, 6.45) is 4.35. The highest BCUT2D eigenvalue weighted by molar-refractivity contribution is 5.86. The number of rotatable bonds is 4. The van der Waals surface area contributed by atoms with Crippen molar-refractivity contribution in [3.63, 3.8) is 0 Å². The Hall–Kier alpha value is -0.610. The van der Waals surface area contributed by atoms with Gasteiger partial charge in [-0.1, -0.05) is 19.8 Å². The predicted octanol–water partition coefficient (Wildman–Crippen LogP) is 0.393. The van der Waals surface area contributed by atoms with Crippen LogP contribution in [0.5, 0.6) is 0 Å². The van der Waals surface area contributed by atoms with Crippen molar-refractivity contribution in [1.29, 1.82) is 0 Å². The summed E-state index contributed by atoms with van der Waals surface area (Å²) in [5.41, 5.74) is 5.43. The largest absolute Gasteiger partial charge is 0.396 e. The van der Waals surface area contributed by atoms with Crippen molar-refractivity contribution in [2.75, 3.05) is 13.2 Å². The lowest BCUT2D eigenvalue weighted by Gasteiger charge is -2.35. The molecule has 0 aromatic carbocycles. The van der Waals surface area contributed by atoms with Gasteiger partial charge < -0.3 is 16.2 Å². The average Bonchev–Trinajstić information content (AvgIpc) is 2.17. The Kier molecular flexibility index (Phi) is 4.54. The van der Waals surface area contributed by atoms with E-state index in [0.717, 1.165) is 19.3 Å². The van der Waals surface area contributed by atoms with Gasteiger partial charge in [0.15, 0.2) is 0 Å². The van der Waals surface area contributed by atoms with Crippen LogP contribution < -0.4 is 11.1 Å². The van der Waals surface area contributed by atoms with Gasteiger partial charge in [-0.2, -0.15) is 0 Å². The summed E-state index contributed by atoms with van der Waals surface area (Å²) in [5, 5.41) is 11.4. The van der Waals surface area contributed by atoms with Crippen molar-refractivity contribution in [3.8, 4) is 0 Å². The molecule has 1 aliphatic carbocycles. The summed E-state index contributed by atoms with van der Waals surface area (Å²) in [4.78, 5) is 11.8. The van der Waals surface area contributed by atoms with Crippen LogP contribution in [0, 0.1) is 5.92 Å². The molecule has 0 aliphatic heterocycles. The van der Waals surface area contributed by atoms with E-state index in [-0.39, 0.29) is 12.5 Å². The summed E-state index contributed by atoms with van der Waals surface area (Å²) >= 11 is 0. The lowest BCUT2D eigenvalue weighted by atomic mass is 9.76. The van der Waals surface area contributed by atoms with Crippen LogP contribution in [0.25, 0.3) is 0 Å². The van der Waals surface area contributed by atoms with Gasteiger partial charge in [0, 0.05) is 13.2 Å². The maximum atomic E-state index is 11.8. The summed E-state index contributed by atoms with van der Waals surface area (Å²) < 4.78 is 0. The van der Waals surface area contributed by atoms with Crippen LogP contribution in [0.15, 0.2) is 0 Å². The molecule has 0 bridgehead atoms. The molecule has 1 aliphatic rings. The third kappa shape index (κ3) is 3.47. The molecule has 1 amide bonds. The van der Waals surface area contributed by atoms with E-state index >= 15 is 0 Å². The van der Waals surface area contributed by atoms with E-state index in [4.69, 9.17) is 10.8 Å². The number of carbonyl (C=O) groups is 1. The zero-order valence-corrected chi connectivity index (χ0v) is 9.46. The zero-order valence-electron chi connectivity index (χ0n) is 9.46. The van der Waals surface area contributed by atoms with Gasteiger partial charge in [-0.25, -0.2) is 0 Å². The monoisotopic (exact) mass is 214 g/mol. The van der Waals surface area contributed by atoms with E-state index in [9.17, 15) is 4.79 Å². The number of nitrogens with two attached hydrogens (primary N) is 1. The fourth-order valence-corrected chi connectivity index (χ4v) is 2.26. The molecular formula is C11H22N2O2. The molecule has 2 unspecified atom stereocenters. The topological polar surface area (TPSA) is 75.4 Å². The Morgan fingerprint density at radius 1 is 1.67 bits per heavy atom. The molecule has 2 atom stereocenters. The quantitative estimate of drug-likeness (QED) is 0.593. The first kappa shape index (κ1) is 12.5. The molecule has 4 nitrogen and oxygen atoms in total. The molecule has 15 heavy (non-hydrogen) atoms. The highest BCUT2D eigenvalue weighted by Crippen LogP contribution is 2.30. The first-order chi connectivity index (χ1) is 7.08. The number of nitrogens with one attached hydrogen (secondary N) is 1. The van der Waals surface area contributed by atoms with Gasteiger partial charge in [-0.05, 0) is 25.2 Å². The van der Waals surface area contributed by atoms with Crippen LogP contribution in [0.4, 0.5) is 0 Å². The number of carbonyl (C=O) groups excluding carboxylic acids is 1. The predicted molar refractivity (Wildman–Crippen MR) is 59.3 cm³/mol. The minimum Gasteiger partial charge on any atom is -0.396 e. The Bertz CT molecular complexity index is 221. The van der Waals surface area contributed by atoms with Gasteiger partial charge in [-0.3, -0.25) is 4.79 Å². The highest BCUT2D eigenvalue weighted by atomic mass is 16.3. The second kappa shape index (κ2) is 5.47. The lowest BCUT2D eigenvalue weighted by Crippen LogP contribution is -2.56. The molecule has 0 spiro atoms. The normalized spacial score (nSPS) is 31.3. The fraction of sp³-hybridized carbons (Fsp3) is 0.909. The molecule has 1 rings (SSSR count). The smallest absolute Gasteiger partial charge is 0.240 e. The van der Waals surface area contributed by atoms with Crippen LogP contribution in [-0.2, 0) is 4.79 Å². The average molecular weight is 214 g/mol. The number of aliphatic hydroxyl groups is 1. The van der Waals surface area contributed by atoms with Gasteiger partial charge >= 0.3 is 0 Å². The Labute approximate surface area is 91.2 Å². The summed E-state index contributed by atoms with van der Waals surface area (Å²) in [7, 11) is 0. The van der Waals surface area contributed by atoms with Crippen LogP contribution in [0.2, 0.25) is 0 Å². The minimum absolute atomic E-state index is 0.0532. The van der Waals surface area contributed by atoms with E-state index in [1.54, 1.807) is 0 Å². The molecule has 0 aromatic rings. The molecule has 1 saturated carbocycles. The summed E-state index contributed by atoms with van der Waals surface area (Å²) in [6.45, 7) is 2.76. The van der Waals surface area contributed by atoms with Crippen LogP contribution in [0.1, 0.15) is 39.0 Å². The van der Waals surface area contributed by atoms with E-state index in [1.165, 1.54) is 6.42 Å². The second-order valence-corrected chi connectivity index (χ2v) is 4.69. The lowest BCUT2D eigenvalue weighted by molar-refractivity contribution is -0.128. The maximum Gasteiger partial charge on any atom is 0.240 e. The molecule has 0 radical (unpaired) electrons. The van der Waals surface area contributed by atoms with E-state index in [2.05, 4.69) is 12.2 Å². The fourth-order valence-electron chi connectivity index (χ4n) is 2.26. The van der Waals surface area contributed by atoms with E-state index < -0.39 is 5.54 Å². The van der Waals surface area contributed by atoms with Gasteiger partial charge in [-0.15, -0.1) is 0 Å². The van der Waals surface area contributed by atoms with Gasteiger partial charge in [0.1, 0.15) is 0 Å². The summed E-state index contributed by atoms with van der Waals surface area (Å²) in [5.74, 6) is 0.481. The molecule has 4 N–H and O–H groups in total. The van der Waals surface area contributed by atoms with Crippen molar-refractivity contribution in [2.24, 2.45) is 11.7 Å². The maximum absolute atomic E-state index is 11.8. The van der Waals surface area contributed by atoms with Gasteiger partial charge in [0.25, 0.3) is 0 Å². The van der Waals surface area contributed by atoms with E-state index in [1.807, 2.05) is 0 Å². The van der Waals surface area contributed by atoms with Crippen molar-refractivity contribution in [2.45, 2.75) is 44.6 Å². The number of amides is 1. The number of hydrogen-bond acceptors (Lipinski definition) is 3. The van der Waals surface area contributed by atoms with Gasteiger partial charge in [0.05, 0.1) is 5.54 Å². The van der Waals surface area contributed by atoms with Crippen LogP contribution in [0.3, 0.4) is 0 Å². The Morgan fingerprint density at radius 3 is 3.00 bits per heavy atom. The molecule has 0 heterocycles. The van der Waals surface area contributed by atoms with Gasteiger partial charge in [0.2, 0.25) is 5.91 Å². The standard InChI is InChI=1S/C11H22N2O2/c1-9-4-2-5-11(12,8-9)10(15)13-6-3-7-14/h9,14H,2-8,12H2,1H3,(H,13,15). The molecular weight excluding hydrogens is 192 g/mol. The first-order valence-corrected chi connectivity index (χ1v) is 5.76. The SMILES string of the molecule is CC1CCCC(N)(C(=O)NCCCO)C1. The number of aliphatic hydroxyl groups excluding tert-OH is 1. The third-order valence-corrected chi connectivity index (χ3v) is 3.11. The first-order valence-electron chi connectivity index (χ1n) is 5.76. The highest BCUT2D eigenvalue weighted by Gasteiger charge is 2.37. The number of hydrogen-bond donors (Lipinski definition) is 3. The Balaban J connectivity index is 2.41. The van der Waals surface area contributed by atoms with Crippen LogP contribution in [-0.4, -0.2) is 29.7 Å². The van der Waals surface area contributed by atoms with Crippen LogP contribution >= 0.6 is 0 Å². The third-order valence-electron chi connectivity index (χ3n) is 3.11. The van der Waals surface area contributed by atoms with Crippen molar-refractivity contribution in [1.82, 2.24) is 5.32 Å². The molecule has 0 aromatic heterocycles. The minimum atomic E-state index is -0.673. The second-order valence-electron chi connectivity index (χ2n) is 4.69. The zero-order chi connectivity index (χ0) is 11.3. The summed E-state index contributed by atoms with van der Waals surface area (Å²) in [6, 6.07) is 0. The van der Waals surface area contributed by atoms with Crippen molar-refractivity contribution >= 4 is 5.91 Å². The van der Waals surface area contributed by atoms with Crippen molar-refractivity contribution < 1.29 is 9.90 Å². The van der Waals surface area contributed by atoms with Crippen molar-refractivity contribution in [3.05, 3.63) is 0 Å². The molecule has 0 saturated heterocycles. The Morgan fingerprint density at radius 2 is 2.40 bits per heavy atom.